The van der Waals surface area contributed by atoms with Crippen LogP contribution in [0, 0.1) is 0 Å². The standard InChI is InChI=1S/C21H22N2O3/c1-3-15(14-10-6-5-7-11-14)20(24)23-18-16-12-8-9-13-17(16)22-19(18)21(25)26-4-2/h5-13,15,22H,3-4H2,1-2H3,(H,23,24)/t15-/m0/s1. The molecule has 26 heavy (non-hydrogen) atoms. The number of anilines is 1. The maximum absolute atomic E-state index is 12.9. The van der Waals surface area contributed by atoms with E-state index in [-0.39, 0.29) is 24.1 Å². The van der Waals surface area contributed by atoms with Crippen LogP contribution in [0.4, 0.5) is 5.69 Å². The predicted octanol–water partition coefficient (Wildman–Crippen LogP) is 4.48. The van der Waals surface area contributed by atoms with Crippen LogP contribution in [0.1, 0.15) is 42.2 Å². The molecule has 2 N–H and O–H groups in total. The van der Waals surface area contributed by atoms with Crippen molar-refractivity contribution in [3.63, 3.8) is 0 Å². The number of hydrogen-bond donors (Lipinski definition) is 2. The Bertz CT molecular complexity index is 915. The molecule has 0 aliphatic carbocycles. The number of benzene rings is 2. The van der Waals surface area contributed by atoms with Crippen molar-refractivity contribution in [1.82, 2.24) is 4.98 Å². The molecule has 134 valence electrons. The van der Waals surface area contributed by atoms with Crippen LogP contribution < -0.4 is 5.32 Å². The summed E-state index contributed by atoms with van der Waals surface area (Å²) in [4.78, 5) is 28.3. The summed E-state index contributed by atoms with van der Waals surface area (Å²) in [6.45, 7) is 3.99. The summed E-state index contributed by atoms with van der Waals surface area (Å²) in [5.41, 5.74) is 2.46. The van der Waals surface area contributed by atoms with Gasteiger partial charge in [-0.1, -0.05) is 55.5 Å². The van der Waals surface area contributed by atoms with Crippen molar-refractivity contribution in [3.05, 3.63) is 65.9 Å². The van der Waals surface area contributed by atoms with Crippen LogP contribution in [0.15, 0.2) is 54.6 Å². The summed E-state index contributed by atoms with van der Waals surface area (Å²) in [6, 6.07) is 17.1. The third kappa shape index (κ3) is 3.47. The number of carbonyl (C=O) groups is 2. The Morgan fingerprint density at radius 2 is 1.73 bits per heavy atom. The van der Waals surface area contributed by atoms with Crippen LogP contribution in [-0.2, 0) is 9.53 Å². The van der Waals surface area contributed by atoms with Crippen molar-refractivity contribution in [2.24, 2.45) is 0 Å². The number of H-pyrrole nitrogens is 1. The Morgan fingerprint density at radius 3 is 2.42 bits per heavy atom. The molecule has 5 heteroatoms. The molecule has 0 aliphatic rings. The lowest BCUT2D eigenvalue weighted by Gasteiger charge is -2.16. The number of fused-ring (bicyclic) bond motifs is 1. The molecule has 0 radical (unpaired) electrons. The Kier molecular flexibility index (Phi) is 5.37. The number of aromatic nitrogens is 1. The van der Waals surface area contributed by atoms with Gasteiger partial charge in [0.1, 0.15) is 5.69 Å². The lowest BCUT2D eigenvalue weighted by atomic mass is 9.95. The Labute approximate surface area is 152 Å². The quantitative estimate of drug-likeness (QED) is 0.644. The zero-order valence-corrected chi connectivity index (χ0v) is 14.9. The van der Waals surface area contributed by atoms with Crippen LogP contribution in [0.25, 0.3) is 10.9 Å². The number of ether oxygens (including phenoxy) is 1. The molecule has 0 spiro atoms. The Balaban J connectivity index is 1.97. The number of amides is 1. The van der Waals surface area contributed by atoms with E-state index in [4.69, 9.17) is 4.74 Å². The number of nitrogens with one attached hydrogen (secondary N) is 2. The van der Waals surface area contributed by atoms with Crippen molar-refractivity contribution < 1.29 is 14.3 Å². The molecule has 0 saturated heterocycles. The van der Waals surface area contributed by atoms with Gasteiger partial charge in [-0.05, 0) is 25.0 Å². The van der Waals surface area contributed by atoms with E-state index in [2.05, 4.69) is 10.3 Å². The zero-order valence-electron chi connectivity index (χ0n) is 14.9. The third-order valence-electron chi connectivity index (χ3n) is 4.36. The first-order chi connectivity index (χ1) is 12.7. The number of aromatic amines is 1. The predicted molar refractivity (Wildman–Crippen MR) is 102 cm³/mol. The van der Waals surface area contributed by atoms with Crippen LogP contribution in [0.3, 0.4) is 0 Å². The molecule has 0 bridgehead atoms. The van der Waals surface area contributed by atoms with Crippen molar-refractivity contribution in [1.29, 1.82) is 0 Å². The molecule has 5 nitrogen and oxygen atoms in total. The fourth-order valence-corrected chi connectivity index (χ4v) is 3.10. The lowest BCUT2D eigenvalue weighted by molar-refractivity contribution is -0.117. The van der Waals surface area contributed by atoms with E-state index in [0.29, 0.717) is 12.1 Å². The highest BCUT2D eigenvalue weighted by atomic mass is 16.5. The van der Waals surface area contributed by atoms with Gasteiger partial charge in [0.2, 0.25) is 5.91 Å². The van der Waals surface area contributed by atoms with Gasteiger partial charge in [-0.25, -0.2) is 4.79 Å². The summed E-state index contributed by atoms with van der Waals surface area (Å²) >= 11 is 0. The molecule has 1 aromatic heterocycles. The number of para-hydroxylation sites is 1. The first kappa shape index (κ1) is 17.7. The van der Waals surface area contributed by atoms with Gasteiger partial charge in [0.15, 0.2) is 0 Å². The van der Waals surface area contributed by atoms with Crippen LogP contribution in [0.5, 0.6) is 0 Å². The summed E-state index contributed by atoms with van der Waals surface area (Å²) in [7, 11) is 0. The smallest absolute Gasteiger partial charge is 0.356 e. The average molecular weight is 350 g/mol. The summed E-state index contributed by atoms with van der Waals surface area (Å²) < 4.78 is 5.13. The van der Waals surface area contributed by atoms with Gasteiger partial charge < -0.3 is 15.0 Å². The van der Waals surface area contributed by atoms with Gasteiger partial charge >= 0.3 is 5.97 Å². The number of esters is 1. The fraction of sp³-hybridized carbons (Fsp3) is 0.238. The van der Waals surface area contributed by atoms with Crippen molar-refractivity contribution in [2.45, 2.75) is 26.2 Å². The van der Waals surface area contributed by atoms with E-state index < -0.39 is 5.97 Å². The first-order valence-corrected chi connectivity index (χ1v) is 8.79. The molecule has 1 atom stereocenters. The molecule has 0 aliphatic heterocycles. The van der Waals surface area contributed by atoms with Crippen molar-refractivity contribution >= 4 is 28.5 Å². The van der Waals surface area contributed by atoms with E-state index in [9.17, 15) is 9.59 Å². The van der Waals surface area contributed by atoms with E-state index in [0.717, 1.165) is 16.5 Å². The van der Waals surface area contributed by atoms with Crippen LogP contribution >= 0.6 is 0 Å². The molecule has 0 unspecified atom stereocenters. The van der Waals surface area contributed by atoms with Gasteiger partial charge in [0, 0.05) is 10.9 Å². The summed E-state index contributed by atoms with van der Waals surface area (Å²) in [5, 5.41) is 3.74. The molecule has 0 fully saturated rings. The summed E-state index contributed by atoms with van der Waals surface area (Å²) in [6.07, 6.45) is 0.660. The van der Waals surface area contributed by atoms with E-state index >= 15 is 0 Å². The molecular weight excluding hydrogens is 328 g/mol. The normalized spacial score (nSPS) is 11.9. The second-order valence-corrected chi connectivity index (χ2v) is 6.00. The molecule has 1 amide bonds. The summed E-state index contributed by atoms with van der Waals surface area (Å²) in [5.74, 6) is -0.916. The Hall–Kier alpha value is -3.08. The minimum atomic E-state index is -0.480. The van der Waals surface area contributed by atoms with E-state index in [1.54, 1.807) is 6.92 Å². The Morgan fingerprint density at radius 1 is 1.04 bits per heavy atom. The van der Waals surface area contributed by atoms with Crippen molar-refractivity contribution in [3.8, 4) is 0 Å². The fourth-order valence-electron chi connectivity index (χ4n) is 3.10. The average Bonchev–Trinajstić information content (AvgIpc) is 3.02. The van der Waals surface area contributed by atoms with Crippen molar-refractivity contribution in [2.75, 3.05) is 11.9 Å². The maximum Gasteiger partial charge on any atom is 0.356 e. The minimum absolute atomic E-state index is 0.144. The van der Waals surface area contributed by atoms with Gasteiger partial charge in [-0.2, -0.15) is 0 Å². The van der Waals surface area contributed by atoms with E-state index in [1.807, 2.05) is 61.5 Å². The zero-order chi connectivity index (χ0) is 18.5. The highest BCUT2D eigenvalue weighted by Crippen LogP contribution is 2.30. The molecule has 0 saturated carbocycles. The molecular formula is C21H22N2O3. The van der Waals surface area contributed by atoms with Crippen LogP contribution in [0.2, 0.25) is 0 Å². The van der Waals surface area contributed by atoms with Gasteiger partial charge in [0.25, 0.3) is 0 Å². The third-order valence-corrected chi connectivity index (χ3v) is 4.36. The van der Waals surface area contributed by atoms with Gasteiger partial charge in [-0.15, -0.1) is 0 Å². The maximum atomic E-state index is 12.9. The monoisotopic (exact) mass is 350 g/mol. The minimum Gasteiger partial charge on any atom is -0.461 e. The van der Waals surface area contributed by atoms with Gasteiger partial charge in [-0.3, -0.25) is 4.79 Å². The molecule has 3 rings (SSSR count). The highest BCUT2D eigenvalue weighted by molar-refractivity contribution is 6.11. The van der Waals surface area contributed by atoms with Gasteiger partial charge in [0.05, 0.1) is 18.2 Å². The topological polar surface area (TPSA) is 71.2 Å². The van der Waals surface area contributed by atoms with Crippen LogP contribution in [-0.4, -0.2) is 23.5 Å². The van der Waals surface area contributed by atoms with E-state index in [1.165, 1.54) is 0 Å². The lowest BCUT2D eigenvalue weighted by Crippen LogP contribution is -2.22. The second kappa shape index (κ2) is 7.87. The number of carbonyl (C=O) groups excluding carboxylic acids is 2. The largest absolute Gasteiger partial charge is 0.461 e. The molecule has 2 aromatic carbocycles. The highest BCUT2D eigenvalue weighted by Gasteiger charge is 2.24. The molecule has 1 heterocycles. The number of rotatable bonds is 6. The SMILES string of the molecule is CCOC(=O)c1[nH]c2ccccc2c1NC(=O)[C@@H](CC)c1ccccc1. The first-order valence-electron chi connectivity index (χ1n) is 8.79. The number of hydrogen-bond acceptors (Lipinski definition) is 3. The second-order valence-electron chi connectivity index (χ2n) is 6.00. The molecule has 3 aromatic rings.